The molecule has 3 nitrogen and oxygen atoms in total. The van der Waals surface area contributed by atoms with Gasteiger partial charge in [0.15, 0.2) is 0 Å². The highest BCUT2D eigenvalue weighted by molar-refractivity contribution is 5.55. The van der Waals surface area contributed by atoms with Crippen molar-refractivity contribution in [2.75, 3.05) is 5.32 Å². The summed E-state index contributed by atoms with van der Waals surface area (Å²) < 4.78 is 0. The van der Waals surface area contributed by atoms with Crippen LogP contribution in [-0.4, -0.2) is 11.0 Å². The van der Waals surface area contributed by atoms with Crippen molar-refractivity contribution in [3.05, 3.63) is 36.0 Å². The number of pyridine rings is 1. The summed E-state index contributed by atoms with van der Waals surface area (Å²) >= 11 is 0. The number of nitrogens with one attached hydrogen (secondary N) is 1. The van der Waals surface area contributed by atoms with Crippen LogP contribution in [0, 0.1) is 18.3 Å². The Morgan fingerprint density at radius 3 is 3.07 bits per heavy atom. The lowest BCUT2D eigenvalue weighted by Gasteiger charge is -2.14. The first-order valence-corrected chi connectivity index (χ1v) is 4.92. The highest BCUT2D eigenvalue weighted by Gasteiger charge is 2.08. The second-order valence-electron chi connectivity index (χ2n) is 3.53. The van der Waals surface area contributed by atoms with Crippen molar-refractivity contribution in [2.24, 2.45) is 0 Å². The molecular weight excluding hydrogens is 186 g/mol. The fraction of sp³-hybridized carbons (Fsp3) is 0.333. The Kier molecular flexibility index (Phi) is 3.87. The maximum Gasteiger partial charge on any atom is 0.144 e. The van der Waals surface area contributed by atoms with E-state index in [0.29, 0.717) is 11.4 Å². The molecule has 0 saturated heterocycles. The molecule has 15 heavy (non-hydrogen) atoms. The molecular formula is C12H15N3. The Bertz CT molecular complexity index is 390. The van der Waals surface area contributed by atoms with Crippen molar-refractivity contribution < 1.29 is 0 Å². The number of rotatable bonds is 4. The normalized spacial score (nSPS) is 11.5. The van der Waals surface area contributed by atoms with Crippen molar-refractivity contribution >= 4 is 5.82 Å². The van der Waals surface area contributed by atoms with E-state index in [2.05, 4.69) is 22.9 Å². The summed E-state index contributed by atoms with van der Waals surface area (Å²) in [4.78, 5) is 4.16. The van der Waals surface area contributed by atoms with E-state index in [1.165, 1.54) is 0 Å². The maximum atomic E-state index is 8.99. The zero-order valence-corrected chi connectivity index (χ0v) is 9.12. The van der Waals surface area contributed by atoms with Gasteiger partial charge in [-0.3, -0.25) is 0 Å². The molecule has 0 spiro atoms. The van der Waals surface area contributed by atoms with Crippen LogP contribution in [0.15, 0.2) is 24.9 Å². The van der Waals surface area contributed by atoms with E-state index in [1.807, 2.05) is 26.0 Å². The van der Waals surface area contributed by atoms with Crippen LogP contribution in [0.2, 0.25) is 0 Å². The lowest BCUT2D eigenvalue weighted by atomic mass is 10.1. The predicted molar refractivity (Wildman–Crippen MR) is 61.6 cm³/mol. The maximum absolute atomic E-state index is 8.99. The van der Waals surface area contributed by atoms with Gasteiger partial charge in [-0.25, -0.2) is 4.98 Å². The van der Waals surface area contributed by atoms with Crippen LogP contribution in [0.25, 0.3) is 0 Å². The first kappa shape index (κ1) is 11.3. The van der Waals surface area contributed by atoms with Crippen LogP contribution >= 0.6 is 0 Å². The van der Waals surface area contributed by atoms with Crippen LogP contribution in [0.1, 0.15) is 24.5 Å². The van der Waals surface area contributed by atoms with E-state index in [9.17, 15) is 0 Å². The lowest BCUT2D eigenvalue weighted by Crippen LogP contribution is -2.16. The van der Waals surface area contributed by atoms with Gasteiger partial charge in [0, 0.05) is 12.2 Å². The van der Waals surface area contributed by atoms with Crippen LogP contribution in [0.4, 0.5) is 5.82 Å². The van der Waals surface area contributed by atoms with Gasteiger partial charge in [0.25, 0.3) is 0 Å². The molecule has 1 unspecified atom stereocenters. The molecule has 0 aliphatic rings. The standard InChI is InChI=1S/C12H15N3/c1-4-5-10(3)15-12-11(8-13)9(2)6-7-14-12/h4,6-7,10H,1,5H2,2-3H3,(H,14,15). The number of anilines is 1. The highest BCUT2D eigenvalue weighted by Crippen LogP contribution is 2.16. The third-order valence-corrected chi connectivity index (χ3v) is 2.17. The summed E-state index contributed by atoms with van der Waals surface area (Å²) in [6.07, 6.45) is 4.40. The summed E-state index contributed by atoms with van der Waals surface area (Å²) in [6.45, 7) is 7.62. The summed E-state index contributed by atoms with van der Waals surface area (Å²) in [7, 11) is 0. The molecule has 0 aliphatic heterocycles. The number of hydrogen-bond acceptors (Lipinski definition) is 3. The van der Waals surface area contributed by atoms with Gasteiger partial charge in [-0.15, -0.1) is 6.58 Å². The quantitative estimate of drug-likeness (QED) is 0.762. The summed E-state index contributed by atoms with van der Waals surface area (Å²) in [5, 5.41) is 12.2. The van der Waals surface area contributed by atoms with Crippen molar-refractivity contribution in [3.8, 4) is 6.07 Å². The van der Waals surface area contributed by atoms with Crippen LogP contribution in [0.3, 0.4) is 0 Å². The fourth-order valence-electron chi connectivity index (χ4n) is 1.35. The zero-order chi connectivity index (χ0) is 11.3. The van der Waals surface area contributed by atoms with Gasteiger partial charge >= 0.3 is 0 Å². The van der Waals surface area contributed by atoms with Gasteiger partial charge in [-0.05, 0) is 31.9 Å². The molecule has 1 N–H and O–H groups in total. The molecule has 78 valence electrons. The first-order chi connectivity index (χ1) is 7.19. The van der Waals surface area contributed by atoms with E-state index in [-0.39, 0.29) is 6.04 Å². The minimum absolute atomic E-state index is 0.240. The predicted octanol–water partition coefficient (Wildman–Crippen LogP) is 2.64. The molecule has 0 aliphatic carbocycles. The Hall–Kier alpha value is -1.82. The molecule has 1 aromatic rings. The molecule has 0 amide bonds. The molecule has 0 fully saturated rings. The monoisotopic (exact) mass is 201 g/mol. The second-order valence-corrected chi connectivity index (χ2v) is 3.53. The highest BCUT2D eigenvalue weighted by atomic mass is 15.0. The molecule has 1 atom stereocenters. The van der Waals surface area contributed by atoms with Crippen molar-refractivity contribution in [2.45, 2.75) is 26.3 Å². The number of aromatic nitrogens is 1. The molecule has 0 bridgehead atoms. The van der Waals surface area contributed by atoms with Crippen LogP contribution in [-0.2, 0) is 0 Å². The topological polar surface area (TPSA) is 48.7 Å². The van der Waals surface area contributed by atoms with Crippen LogP contribution in [0.5, 0.6) is 0 Å². The molecule has 0 radical (unpaired) electrons. The number of nitriles is 1. The van der Waals surface area contributed by atoms with E-state index in [1.54, 1.807) is 6.20 Å². The molecule has 1 rings (SSSR count). The molecule has 1 aromatic heterocycles. The third kappa shape index (κ3) is 2.81. The Morgan fingerprint density at radius 1 is 1.73 bits per heavy atom. The summed E-state index contributed by atoms with van der Waals surface area (Å²) in [6, 6.07) is 4.24. The van der Waals surface area contributed by atoms with Gasteiger partial charge in [0.05, 0.1) is 5.56 Å². The Morgan fingerprint density at radius 2 is 2.47 bits per heavy atom. The van der Waals surface area contributed by atoms with E-state index >= 15 is 0 Å². The SMILES string of the molecule is C=CCC(C)Nc1nccc(C)c1C#N. The van der Waals surface area contributed by atoms with Gasteiger partial charge in [-0.1, -0.05) is 6.08 Å². The lowest BCUT2D eigenvalue weighted by molar-refractivity contribution is 0.806. The van der Waals surface area contributed by atoms with Gasteiger partial charge in [-0.2, -0.15) is 5.26 Å². The average Bonchev–Trinajstić information content (AvgIpc) is 2.18. The van der Waals surface area contributed by atoms with E-state index < -0.39 is 0 Å². The van der Waals surface area contributed by atoms with Crippen molar-refractivity contribution in [1.29, 1.82) is 5.26 Å². The average molecular weight is 201 g/mol. The van der Waals surface area contributed by atoms with E-state index in [0.717, 1.165) is 12.0 Å². The van der Waals surface area contributed by atoms with Gasteiger partial charge in [0.2, 0.25) is 0 Å². The Balaban J connectivity index is 2.90. The van der Waals surface area contributed by atoms with Crippen LogP contribution < -0.4 is 5.32 Å². The smallest absolute Gasteiger partial charge is 0.144 e. The van der Waals surface area contributed by atoms with Crippen molar-refractivity contribution in [3.63, 3.8) is 0 Å². The number of aryl methyl sites for hydroxylation is 1. The van der Waals surface area contributed by atoms with Crippen molar-refractivity contribution in [1.82, 2.24) is 4.98 Å². The minimum atomic E-state index is 0.240. The number of nitrogens with zero attached hydrogens (tertiary/aromatic N) is 2. The largest absolute Gasteiger partial charge is 0.366 e. The third-order valence-electron chi connectivity index (χ3n) is 2.17. The van der Waals surface area contributed by atoms with Gasteiger partial charge < -0.3 is 5.32 Å². The minimum Gasteiger partial charge on any atom is -0.366 e. The summed E-state index contributed by atoms with van der Waals surface area (Å²) in [5.41, 5.74) is 1.56. The molecule has 3 heteroatoms. The summed E-state index contributed by atoms with van der Waals surface area (Å²) in [5.74, 6) is 0.659. The first-order valence-electron chi connectivity index (χ1n) is 4.92. The molecule has 0 saturated carbocycles. The second kappa shape index (κ2) is 5.16. The molecule has 1 heterocycles. The fourth-order valence-corrected chi connectivity index (χ4v) is 1.35. The Labute approximate surface area is 90.5 Å². The molecule has 0 aromatic carbocycles. The zero-order valence-electron chi connectivity index (χ0n) is 9.12. The van der Waals surface area contributed by atoms with Gasteiger partial charge in [0.1, 0.15) is 11.9 Å². The van der Waals surface area contributed by atoms with E-state index in [4.69, 9.17) is 5.26 Å². The number of hydrogen-bond donors (Lipinski definition) is 1.